The van der Waals surface area contributed by atoms with Crippen molar-refractivity contribution in [2.45, 2.75) is 57.5 Å². The number of benzene rings is 2. The molecule has 2 N–H and O–H groups in total. The second-order valence-electron chi connectivity index (χ2n) is 9.75. The minimum Gasteiger partial charge on any atom is -0.351 e. The summed E-state index contributed by atoms with van der Waals surface area (Å²) in [6, 6.07) is 16.4. The van der Waals surface area contributed by atoms with Crippen molar-refractivity contribution < 1.29 is 18.0 Å². The fraction of sp³-hybridized carbons (Fsp3) is 0.429. The van der Waals surface area contributed by atoms with Crippen molar-refractivity contribution in [1.82, 2.24) is 14.9 Å². The molecule has 0 radical (unpaired) electrons. The van der Waals surface area contributed by atoms with E-state index in [2.05, 4.69) is 10.6 Å². The molecule has 2 aromatic rings. The zero-order valence-electron chi connectivity index (χ0n) is 20.7. The zero-order valence-corrected chi connectivity index (χ0v) is 21.5. The molecule has 192 valence electrons. The molecule has 0 spiro atoms. The maximum Gasteiger partial charge on any atom is 0.251 e. The maximum atomic E-state index is 13.2. The standard InChI is InChI=1S/C28H35N3O4S/c1-21-10-5-6-14-24(21)28(33)30-26-16-8-7-15-25(26)29-27(32)23-13-9-18-31(20-23)36(34,35)19-17-22-11-3-2-4-12-22/h2-6,10-12,14,17,19,23,25-26H,7-9,13,15-16,18,20H2,1H3,(H,29,32)(H,30,33)/b19-17+/t23-,25-,26-/m1/s1. The van der Waals surface area contributed by atoms with E-state index in [-0.39, 0.29) is 30.4 Å². The van der Waals surface area contributed by atoms with E-state index in [1.54, 1.807) is 6.08 Å². The zero-order chi connectivity index (χ0) is 25.5. The summed E-state index contributed by atoms with van der Waals surface area (Å²) in [5, 5.41) is 7.50. The molecule has 7 nitrogen and oxygen atoms in total. The Bertz CT molecular complexity index is 1200. The molecule has 1 saturated heterocycles. The molecule has 1 heterocycles. The van der Waals surface area contributed by atoms with Gasteiger partial charge in [-0.3, -0.25) is 9.59 Å². The topological polar surface area (TPSA) is 95.6 Å². The van der Waals surface area contributed by atoms with Gasteiger partial charge in [-0.15, -0.1) is 0 Å². The van der Waals surface area contributed by atoms with E-state index < -0.39 is 15.9 Å². The molecule has 0 unspecified atom stereocenters. The summed E-state index contributed by atoms with van der Waals surface area (Å²) >= 11 is 0. The number of nitrogens with one attached hydrogen (secondary N) is 2. The highest BCUT2D eigenvalue weighted by molar-refractivity contribution is 7.92. The number of nitrogens with zero attached hydrogens (tertiary/aromatic N) is 1. The van der Waals surface area contributed by atoms with Crippen molar-refractivity contribution in [3.8, 4) is 0 Å². The van der Waals surface area contributed by atoms with Crippen LogP contribution < -0.4 is 10.6 Å². The van der Waals surface area contributed by atoms with Gasteiger partial charge in [-0.2, -0.15) is 4.31 Å². The van der Waals surface area contributed by atoms with Gasteiger partial charge in [0.05, 0.1) is 5.92 Å². The second kappa shape index (κ2) is 11.8. The molecule has 2 aromatic carbocycles. The van der Waals surface area contributed by atoms with Gasteiger partial charge in [0.25, 0.3) is 5.91 Å². The van der Waals surface area contributed by atoms with Crippen LogP contribution in [0.1, 0.15) is 60.0 Å². The lowest BCUT2D eigenvalue weighted by Gasteiger charge is -2.35. The van der Waals surface area contributed by atoms with Gasteiger partial charge in [-0.1, -0.05) is 61.4 Å². The van der Waals surface area contributed by atoms with E-state index in [0.29, 0.717) is 24.9 Å². The van der Waals surface area contributed by atoms with Crippen molar-refractivity contribution >= 4 is 27.9 Å². The normalized spacial score (nSPS) is 23.3. The molecule has 36 heavy (non-hydrogen) atoms. The first kappa shape index (κ1) is 26.1. The number of hydrogen-bond donors (Lipinski definition) is 2. The van der Waals surface area contributed by atoms with Gasteiger partial charge in [-0.25, -0.2) is 8.42 Å². The third-order valence-electron chi connectivity index (χ3n) is 7.15. The first-order chi connectivity index (χ1) is 17.3. The number of carbonyl (C=O) groups excluding carboxylic acids is 2. The van der Waals surface area contributed by atoms with E-state index in [1.165, 1.54) is 9.71 Å². The molecule has 2 aliphatic rings. The quantitative estimate of drug-likeness (QED) is 0.592. The molecule has 8 heteroatoms. The molecule has 1 aliphatic heterocycles. The highest BCUT2D eigenvalue weighted by Gasteiger charge is 2.34. The lowest BCUT2D eigenvalue weighted by Crippen LogP contribution is -2.55. The fourth-order valence-corrected chi connectivity index (χ4v) is 6.33. The third-order valence-corrected chi connectivity index (χ3v) is 8.68. The van der Waals surface area contributed by atoms with Crippen molar-refractivity contribution in [3.63, 3.8) is 0 Å². The number of hydrogen-bond acceptors (Lipinski definition) is 4. The number of piperidine rings is 1. The van der Waals surface area contributed by atoms with Crippen molar-refractivity contribution in [2.24, 2.45) is 5.92 Å². The average Bonchev–Trinajstić information content (AvgIpc) is 2.89. The van der Waals surface area contributed by atoms with Gasteiger partial charge in [-0.05, 0) is 55.9 Å². The summed E-state index contributed by atoms with van der Waals surface area (Å²) < 4.78 is 27.2. The molecule has 0 aromatic heterocycles. The number of rotatable bonds is 7. The van der Waals surface area contributed by atoms with Crippen LogP contribution in [0, 0.1) is 12.8 Å². The summed E-state index contributed by atoms with van der Waals surface area (Å²) in [4.78, 5) is 26.1. The first-order valence-corrected chi connectivity index (χ1v) is 14.2. The molecular formula is C28H35N3O4S. The monoisotopic (exact) mass is 509 g/mol. The van der Waals surface area contributed by atoms with Gasteiger partial charge in [0.2, 0.25) is 15.9 Å². The Balaban J connectivity index is 1.37. The van der Waals surface area contributed by atoms with E-state index in [0.717, 1.165) is 36.8 Å². The third kappa shape index (κ3) is 6.62. The first-order valence-electron chi connectivity index (χ1n) is 12.7. The van der Waals surface area contributed by atoms with Gasteiger partial charge in [0, 0.05) is 36.1 Å². The number of carbonyl (C=O) groups is 2. The Morgan fingerprint density at radius 1 is 0.889 bits per heavy atom. The van der Waals surface area contributed by atoms with Gasteiger partial charge in [0.15, 0.2) is 0 Å². The molecule has 1 aliphatic carbocycles. The van der Waals surface area contributed by atoms with Crippen LogP contribution in [0.2, 0.25) is 0 Å². The lowest BCUT2D eigenvalue weighted by atomic mass is 9.89. The molecule has 2 amide bonds. The number of aryl methyl sites for hydroxylation is 1. The van der Waals surface area contributed by atoms with Crippen molar-refractivity contribution in [3.05, 3.63) is 76.7 Å². The minimum atomic E-state index is -3.63. The average molecular weight is 510 g/mol. The number of amides is 2. The summed E-state index contributed by atoms with van der Waals surface area (Å²) in [6.07, 6.45) is 6.44. The summed E-state index contributed by atoms with van der Waals surface area (Å²) in [5.41, 5.74) is 2.37. The van der Waals surface area contributed by atoms with Crippen LogP contribution in [-0.4, -0.2) is 49.7 Å². The number of sulfonamides is 1. The van der Waals surface area contributed by atoms with Crippen molar-refractivity contribution in [1.29, 1.82) is 0 Å². The highest BCUT2D eigenvalue weighted by atomic mass is 32.2. The van der Waals surface area contributed by atoms with E-state index >= 15 is 0 Å². The molecular weight excluding hydrogens is 474 g/mol. The summed E-state index contributed by atoms with van der Waals surface area (Å²) in [7, 11) is -3.63. The second-order valence-corrected chi connectivity index (χ2v) is 11.6. The highest BCUT2D eigenvalue weighted by Crippen LogP contribution is 2.24. The molecule has 0 bridgehead atoms. The van der Waals surface area contributed by atoms with Gasteiger partial charge >= 0.3 is 0 Å². The SMILES string of the molecule is Cc1ccccc1C(=O)N[C@@H]1CCCC[C@H]1NC(=O)[C@@H]1CCCN(S(=O)(=O)/C=C/c2ccccc2)C1. The smallest absolute Gasteiger partial charge is 0.251 e. The Morgan fingerprint density at radius 2 is 1.56 bits per heavy atom. The van der Waals surface area contributed by atoms with Crippen LogP contribution in [-0.2, 0) is 14.8 Å². The minimum absolute atomic E-state index is 0.126. The van der Waals surface area contributed by atoms with Crippen LogP contribution in [0.5, 0.6) is 0 Å². The largest absolute Gasteiger partial charge is 0.351 e. The Labute approximate surface area is 214 Å². The van der Waals surface area contributed by atoms with Gasteiger partial charge < -0.3 is 10.6 Å². The summed E-state index contributed by atoms with van der Waals surface area (Å²) in [5.74, 6) is -0.670. The summed E-state index contributed by atoms with van der Waals surface area (Å²) in [6.45, 7) is 2.48. The van der Waals surface area contributed by atoms with E-state index in [9.17, 15) is 18.0 Å². The molecule has 4 rings (SSSR count). The Morgan fingerprint density at radius 3 is 2.28 bits per heavy atom. The van der Waals surface area contributed by atoms with Crippen molar-refractivity contribution in [2.75, 3.05) is 13.1 Å². The van der Waals surface area contributed by atoms with Gasteiger partial charge in [0.1, 0.15) is 0 Å². The van der Waals surface area contributed by atoms with Crippen LogP contribution >= 0.6 is 0 Å². The molecule has 2 fully saturated rings. The predicted octanol–water partition coefficient (Wildman–Crippen LogP) is 3.86. The van der Waals surface area contributed by atoms with Crippen LogP contribution in [0.3, 0.4) is 0 Å². The Hall–Kier alpha value is -2.97. The molecule has 3 atom stereocenters. The van der Waals surface area contributed by atoms with Crippen LogP contribution in [0.25, 0.3) is 6.08 Å². The maximum absolute atomic E-state index is 13.2. The molecule has 1 saturated carbocycles. The predicted molar refractivity (Wildman–Crippen MR) is 142 cm³/mol. The lowest BCUT2D eigenvalue weighted by molar-refractivity contribution is -0.127. The van der Waals surface area contributed by atoms with Crippen LogP contribution in [0.15, 0.2) is 60.0 Å². The van der Waals surface area contributed by atoms with E-state index in [4.69, 9.17) is 0 Å². The Kier molecular flexibility index (Phi) is 8.59. The van der Waals surface area contributed by atoms with E-state index in [1.807, 2.05) is 61.5 Å². The fourth-order valence-electron chi connectivity index (χ4n) is 5.05. The van der Waals surface area contributed by atoms with Crippen LogP contribution in [0.4, 0.5) is 0 Å².